The van der Waals surface area contributed by atoms with E-state index in [2.05, 4.69) is 41.5 Å². The van der Waals surface area contributed by atoms with Gasteiger partial charge in [0.2, 0.25) is 0 Å². The van der Waals surface area contributed by atoms with Crippen molar-refractivity contribution in [1.82, 2.24) is 0 Å². The van der Waals surface area contributed by atoms with Gasteiger partial charge >= 0.3 is 0 Å². The van der Waals surface area contributed by atoms with Crippen molar-refractivity contribution < 1.29 is 19.0 Å². The van der Waals surface area contributed by atoms with Crippen molar-refractivity contribution in [3.05, 3.63) is 0 Å². The van der Waals surface area contributed by atoms with Crippen LogP contribution in [0.4, 0.5) is 0 Å². The van der Waals surface area contributed by atoms with E-state index < -0.39 is 0 Å². The van der Waals surface area contributed by atoms with E-state index in [1.54, 1.807) is 0 Å². The molecule has 0 heterocycles. The Morgan fingerprint density at radius 2 is 1.08 bits per heavy atom. The predicted octanol–water partition coefficient (Wildman–Crippen LogP) is 4.65. The van der Waals surface area contributed by atoms with E-state index in [-0.39, 0.29) is 5.41 Å². The van der Waals surface area contributed by atoms with Crippen LogP contribution in [0, 0.1) is 10.8 Å². The Balaban J connectivity index is 3.24. The summed E-state index contributed by atoms with van der Waals surface area (Å²) in [5.74, 6) is 0.345. The fourth-order valence-corrected chi connectivity index (χ4v) is 1.93. The molecule has 4 nitrogen and oxygen atoms in total. The molecule has 0 bridgehead atoms. The fourth-order valence-electron chi connectivity index (χ4n) is 1.93. The molecule has 0 aromatic carbocycles. The molecule has 0 rings (SSSR count). The number of carbonyl (C=O) groups excluding carboxylic acids is 1. The van der Waals surface area contributed by atoms with E-state index in [9.17, 15) is 4.79 Å². The van der Waals surface area contributed by atoms with Crippen molar-refractivity contribution in [2.75, 3.05) is 39.6 Å². The molecule has 0 aromatic rings. The molecule has 144 valence electrons. The molecule has 0 aliphatic heterocycles. The predicted molar refractivity (Wildman–Crippen MR) is 99.5 cm³/mol. The summed E-state index contributed by atoms with van der Waals surface area (Å²) >= 11 is 0. The van der Waals surface area contributed by atoms with Gasteiger partial charge in [0.05, 0.1) is 26.4 Å². The first kappa shape index (κ1) is 23.5. The maximum Gasteiger partial charge on any atom is 0.133 e. The summed E-state index contributed by atoms with van der Waals surface area (Å²) in [6.45, 7) is 17.0. The van der Waals surface area contributed by atoms with Crippen LogP contribution in [0.25, 0.3) is 0 Å². The smallest absolute Gasteiger partial charge is 0.133 e. The lowest BCUT2D eigenvalue weighted by molar-refractivity contribution is -0.119. The van der Waals surface area contributed by atoms with Crippen LogP contribution in [-0.2, 0) is 19.0 Å². The summed E-state index contributed by atoms with van der Waals surface area (Å²) in [7, 11) is 0. The van der Waals surface area contributed by atoms with Crippen LogP contribution in [0.15, 0.2) is 0 Å². The SMILES string of the molecule is CC(C)(C)CCOCCOCCOCCCC(=O)CCC(C)(C)C. The van der Waals surface area contributed by atoms with Gasteiger partial charge in [-0.1, -0.05) is 41.5 Å². The van der Waals surface area contributed by atoms with Gasteiger partial charge < -0.3 is 14.2 Å². The molecule has 0 fully saturated rings. The minimum Gasteiger partial charge on any atom is -0.379 e. The summed E-state index contributed by atoms with van der Waals surface area (Å²) in [5, 5.41) is 0. The third-order valence-corrected chi connectivity index (χ3v) is 3.64. The van der Waals surface area contributed by atoms with Crippen molar-refractivity contribution in [2.24, 2.45) is 10.8 Å². The van der Waals surface area contributed by atoms with Crippen molar-refractivity contribution in [3.8, 4) is 0 Å². The van der Waals surface area contributed by atoms with E-state index in [1.165, 1.54) is 0 Å². The highest BCUT2D eigenvalue weighted by Gasteiger charge is 2.12. The first-order chi connectivity index (χ1) is 11.1. The summed E-state index contributed by atoms with van der Waals surface area (Å²) in [6.07, 6.45) is 4.13. The standard InChI is InChI=1S/C20H40O4/c1-19(2,3)10-9-18(21)8-7-12-22-14-16-24-17-15-23-13-11-20(4,5)6/h7-17H2,1-6H3. The van der Waals surface area contributed by atoms with Crippen LogP contribution in [0.3, 0.4) is 0 Å². The monoisotopic (exact) mass is 344 g/mol. The summed E-state index contributed by atoms with van der Waals surface area (Å²) < 4.78 is 16.5. The Morgan fingerprint density at radius 3 is 1.58 bits per heavy atom. The summed E-state index contributed by atoms with van der Waals surface area (Å²) in [6, 6.07) is 0. The number of rotatable bonds is 14. The van der Waals surface area contributed by atoms with Crippen LogP contribution in [-0.4, -0.2) is 45.4 Å². The normalized spacial score (nSPS) is 12.6. The molecular weight excluding hydrogens is 304 g/mol. The molecule has 0 amide bonds. The largest absolute Gasteiger partial charge is 0.379 e. The van der Waals surface area contributed by atoms with Crippen molar-refractivity contribution in [3.63, 3.8) is 0 Å². The molecular formula is C20H40O4. The molecule has 0 aromatic heterocycles. The zero-order valence-electron chi connectivity index (χ0n) is 16.9. The lowest BCUT2D eigenvalue weighted by Crippen LogP contribution is -2.13. The molecule has 0 unspecified atom stereocenters. The Kier molecular flexibility index (Phi) is 12.6. The van der Waals surface area contributed by atoms with Crippen molar-refractivity contribution in [1.29, 1.82) is 0 Å². The van der Waals surface area contributed by atoms with E-state index >= 15 is 0 Å². The van der Waals surface area contributed by atoms with Crippen LogP contribution in [0.5, 0.6) is 0 Å². The fraction of sp³-hybridized carbons (Fsp3) is 0.950. The lowest BCUT2D eigenvalue weighted by Gasteiger charge is -2.17. The molecule has 4 heteroatoms. The van der Waals surface area contributed by atoms with Crippen LogP contribution in [0.1, 0.15) is 73.6 Å². The maximum atomic E-state index is 11.7. The van der Waals surface area contributed by atoms with E-state index in [0.29, 0.717) is 57.1 Å². The highest BCUT2D eigenvalue weighted by Crippen LogP contribution is 2.21. The van der Waals surface area contributed by atoms with Gasteiger partial charge in [0.25, 0.3) is 0 Å². The molecule has 0 aliphatic rings. The quantitative estimate of drug-likeness (QED) is 0.430. The molecule has 0 saturated heterocycles. The number of carbonyl (C=O) groups is 1. The number of ketones is 1. The van der Waals surface area contributed by atoms with E-state index in [0.717, 1.165) is 25.9 Å². The van der Waals surface area contributed by atoms with Crippen LogP contribution >= 0.6 is 0 Å². The average Bonchev–Trinajstić information content (AvgIpc) is 2.44. The molecule has 24 heavy (non-hydrogen) atoms. The van der Waals surface area contributed by atoms with Gasteiger partial charge in [-0.3, -0.25) is 4.79 Å². The number of Topliss-reactive ketones (excluding diaryl/α,β-unsaturated/α-hetero) is 1. The summed E-state index contributed by atoms with van der Waals surface area (Å²) in [5.41, 5.74) is 0.558. The Labute approximate surface area is 149 Å². The molecule has 0 atom stereocenters. The van der Waals surface area contributed by atoms with Crippen molar-refractivity contribution >= 4 is 5.78 Å². The second-order valence-electron chi connectivity index (χ2n) is 8.85. The second-order valence-corrected chi connectivity index (χ2v) is 8.85. The van der Waals surface area contributed by atoms with E-state index in [4.69, 9.17) is 14.2 Å². The first-order valence-electron chi connectivity index (χ1n) is 9.35. The van der Waals surface area contributed by atoms with Gasteiger partial charge in [-0.2, -0.15) is 0 Å². The molecule has 0 saturated carbocycles. The van der Waals surface area contributed by atoms with E-state index in [1.807, 2.05) is 0 Å². The zero-order valence-corrected chi connectivity index (χ0v) is 16.9. The third kappa shape index (κ3) is 19.6. The van der Waals surface area contributed by atoms with Gasteiger partial charge in [-0.05, 0) is 30.1 Å². The Hall–Kier alpha value is -0.450. The van der Waals surface area contributed by atoms with Crippen molar-refractivity contribution in [2.45, 2.75) is 73.6 Å². The second kappa shape index (κ2) is 12.8. The minimum atomic E-state index is 0.236. The van der Waals surface area contributed by atoms with Gasteiger partial charge in [0.1, 0.15) is 5.78 Å². The van der Waals surface area contributed by atoms with Gasteiger partial charge in [0.15, 0.2) is 0 Å². The zero-order chi connectivity index (χ0) is 18.5. The Bertz CT molecular complexity index is 313. The maximum absolute atomic E-state index is 11.7. The first-order valence-corrected chi connectivity index (χ1v) is 9.35. The lowest BCUT2D eigenvalue weighted by atomic mass is 9.89. The van der Waals surface area contributed by atoms with Gasteiger partial charge in [-0.15, -0.1) is 0 Å². The molecule has 0 radical (unpaired) electrons. The molecule has 0 aliphatic carbocycles. The topological polar surface area (TPSA) is 44.8 Å². The molecule has 0 N–H and O–H groups in total. The van der Waals surface area contributed by atoms with Gasteiger partial charge in [0, 0.05) is 26.1 Å². The number of hydrogen-bond acceptors (Lipinski definition) is 4. The number of hydrogen-bond donors (Lipinski definition) is 0. The summed E-state index contributed by atoms with van der Waals surface area (Å²) in [4.78, 5) is 11.7. The highest BCUT2D eigenvalue weighted by molar-refractivity contribution is 5.78. The third-order valence-electron chi connectivity index (χ3n) is 3.64. The number of ether oxygens (including phenoxy) is 3. The van der Waals surface area contributed by atoms with Crippen LogP contribution < -0.4 is 0 Å². The van der Waals surface area contributed by atoms with Gasteiger partial charge in [-0.25, -0.2) is 0 Å². The average molecular weight is 345 g/mol. The minimum absolute atomic E-state index is 0.236. The van der Waals surface area contributed by atoms with Crippen LogP contribution in [0.2, 0.25) is 0 Å². The molecule has 0 spiro atoms. The Morgan fingerprint density at radius 1 is 0.625 bits per heavy atom. The highest BCUT2D eigenvalue weighted by atomic mass is 16.5.